The number of rotatable bonds is 3. The maximum atomic E-state index is 12.0. The second-order valence-electron chi connectivity index (χ2n) is 4.09. The Labute approximate surface area is 96.0 Å². The zero-order valence-electron chi connectivity index (χ0n) is 9.95. The van der Waals surface area contributed by atoms with Gasteiger partial charge in [0.1, 0.15) is 5.75 Å². The van der Waals surface area contributed by atoms with Gasteiger partial charge in [-0.05, 0) is 25.5 Å². The van der Waals surface area contributed by atoms with E-state index in [0.717, 1.165) is 5.57 Å². The Morgan fingerprint density at radius 1 is 1.50 bits per heavy atom. The average Bonchev–Trinajstić information content (AvgIpc) is 2.20. The van der Waals surface area contributed by atoms with Crippen LogP contribution in [0.25, 0.3) is 0 Å². The third kappa shape index (κ3) is 2.63. The molecule has 86 valence electrons. The van der Waals surface area contributed by atoms with E-state index < -0.39 is 0 Å². The van der Waals surface area contributed by atoms with Crippen molar-refractivity contribution in [3.8, 4) is 5.75 Å². The van der Waals surface area contributed by atoms with Crippen LogP contribution in [0.15, 0.2) is 30.4 Å². The molecule has 0 aromatic heterocycles. The molecule has 0 aliphatic heterocycles. The summed E-state index contributed by atoms with van der Waals surface area (Å²) in [5.74, 6) is -0.134. The van der Waals surface area contributed by atoms with Crippen LogP contribution in [0, 0.1) is 6.92 Å². The van der Waals surface area contributed by atoms with Crippen molar-refractivity contribution < 1.29 is 9.90 Å². The molecule has 16 heavy (non-hydrogen) atoms. The summed E-state index contributed by atoms with van der Waals surface area (Å²) < 4.78 is 0. The summed E-state index contributed by atoms with van der Waals surface area (Å²) in [6, 6.07) is 5.15. The molecule has 1 aromatic carbocycles. The number of carbonyl (C=O) groups excluding carboxylic acids is 1. The highest BCUT2D eigenvalue weighted by Crippen LogP contribution is 2.22. The number of carbonyl (C=O) groups is 1. The number of hydrogen-bond acceptors (Lipinski definition) is 2. The van der Waals surface area contributed by atoms with E-state index in [1.165, 1.54) is 4.90 Å². The molecule has 1 amide bonds. The number of aryl methyl sites for hydroxylation is 1. The molecule has 0 atom stereocenters. The smallest absolute Gasteiger partial charge is 0.257 e. The molecule has 0 fully saturated rings. The Morgan fingerprint density at radius 3 is 2.69 bits per heavy atom. The van der Waals surface area contributed by atoms with Gasteiger partial charge in [-0.15, -0.1) is 0 Å². The fraction of sp³-hybridized carbons (Fsp3) is 0.308. The lowest BCUT2D eigenvalue weighted by molar-refractivity contribution is 0.0804. The standard InChI is InChI=1S/C13H17NO2/c1-9(2)8-14(4)13(16)11-7-5-6-10(3)12(11)15/h5-7,15H,1,8H2,2-4H3. The summed E-state index contributed by atoms with van der Waals surface area (Å²) >= 11 is 0. The van der Waals surface area contributed by atoms with Crippen LogP contribution in [-0.4, -0.2) is 29.5 Å². The quantitative estimate of drug-likeness (QED) is 0.793. The first-order valence-corrected chi connectivity index (χ1v) is 5.12. The van der Waals surface area contributed by atoms with E-state index >= 15 is 0 Å². The monoisotopic (exact) mass is 219 g/mol. The van der Waals surface area contributed by atoms with Crippen molar-refractivity contribution in [2.75, 3.05) is 13.6 Å². The average molecular weight is 219 g/mol. The molecular formula is C13H17NO2. The molecule has 0 saturated carbocycles. The van der Waals surface area contributed by atoms with Crippen molar-refractivity contribution in [3.63, 3.8) is 0 Å². The number of amides is 1. The van der Waals surface area contributed by atoms with E-state index in [2.05, 4.69) is 6.58 Å². The Kier molecular flexibility index (Phi) is 3.72. The van der Waals surface area contributed by atoms with Crippen LogP contribution in [0.3, 0.4) is 0 Å². The summed E-state index contributed by atoms with van der Waals surface area (Å²) in [7, 11) is 1.69. The normalized spacial score (nSPS) is 9.94. The fourth-order valence-corrected chi connectivity index (χ4v) is 1.51. The van der Waals surface area contributed by atoms with E-state index in [1.54, 1.807) is 32.2 Å². The van der Waals surface area contributed by atoms with Crippen LogP contribution in [0.2, 0.25) is 0 Å². The van der Waals surface area contributed by atoms with Gasteiger partial charge in [-0.25, -0.2) is 0 Å². The zero-order valence-corrected chi connectivity index (χ0v) is 9.95. The molecule has 0 saturated heterocycles. The number of nitrogens with zero attached hydrogens (tertiary/aromatic N) is 1. The number of hydrogen-bond donors (Lipinski definition) is 1. The van der Waals surface area contributed by atoms with Gasteiger partial charge < -0.3 is 10.0 Å². The van der Waals surface area contributed by atoms with Crippen molar-refractivity contribution >= 4 is 5.91 Å². The number of para-hydroxylation sites is 1. The molecule has 0 radical (unpaired) electrons. The molecule has 0 aliphatic carbocycles. The van der Waals surface area contributed by atoms with Crippen molar-refractivity contribution in [2.45, 2.75) is 13.8 Å². The van der Waals surface area contributed by atoms with Gasteiger partial charge in [0.05, 0.1) is 5.56 Å². The molecule has 3 heteroatoms. The summed E-state index contributed by atoms with van der Waals surface area (Å²) in [6.45, 7) is 7.88. The minimum atomic E-state index is -0.191. The van der Waals surface area contributed by atoms with Crippen LogP contribution in [0.1, 0.15) is 22.8 Å². The van der Waals surface area contributed by atoms with E-state index in [9.17, 15) is 9.90 Å². The minimum Gasteiger partial charge on any atom is -0.507 e. The third-order valence-electron chi connectivity index (χ3n) is 2.32. The summed E-state index contributed by atoms with van der Waals surface area (Å²) in [5.41, 5.74) is 1.95. The maximum Gasteiger partial charge on any atom is 0.257 e. The summed E-state index contributed by atoms with van der Waals surface area (Å²) in [5, 5.41) is 9.78. The van der Waals surface area contributed by atoms with E-state index in [1.807, 2.05) is 6.92 Å². The molecule has 3 nitrogen and oxygen atoms in total. The first-order chi connectivity index (χ1) is 7.43. The SMILES string of the molecule is C=C(C)CN(C)C(=O)c1cccc(C)c1O. The Morgan fingerprint density at radius 2 is 2.12 bits per heavy atom. The highest BCUT2D eigenvalue weighted by molar-refractivity contribution is 5.97. The minimum absolute atomic E-state index is 0.0565. The van der Waals surface area contributed by atoms with Gasteiger partial charge in [0.2, 0.25) is 0 Å². The highest BCUT2D eigenvalue weighted by atomic mass is 16.3. The van der Waals surface area contributed by atoms with E-state index in [-0.39, 0.29) is 11.7 Å². The third-order valence-corrected chi connectivity index (χ3v) is 2.32. The first kappa shape index (κ1) is 12.3. The molecular weight excluding hydrogens is 202 g/mol. The molecule has 0 aliphatic rings. The van der Waals surface area contributed by atoms with Crippen molar-refractivity contribution in [1.82, 2.24) is 4.90 Å². The second kappa shape index (κ2) is 4.84. The molecule has 1 N–H and O–H groups in total. The lowest BCUT2D eigenvalue weighted by Gasteiger charge is -2.18. The second-order valence-corrected chi connectivity index (χ2v) is 4.09. The predicted octanol–water partition coefficient (Wildman–Crippen LogP) is 2.35. The lowest BCUT2D eigenvalue weighted by atomic mass is 10.1. The maximum absolute atomic E-state index is 12.0. The van der Waals surface area contributed by atoms with Gasteiger partial charge in [0.25, 0.3) is 5.91 Å². The largest absolute Gasteiger partial charge is 0.507 e. The fourth-order valence-electron chi connectivity index (χ4n) is 1.51. The number of phenols is 1. The molecule has 1 aromatic rings. The Hall–Kier alpha value is -1.77. The molecule has 0 spiro atoms. The number of aromatic hydroxyl groups is 1. The summed E-state index contributed by atoms with van der Waals surface area (Å²) in [4.78, 5) is 13.5. The van der Waals surface area contributed by atoms with Gasteiger partial charge in [-0.2, -0.15) is 0 Å². The predicted molar refractivity (Wildman–Crippen MR) is 64.6 cm³/mol. The zero-order chi connectivity index (χ0) is 12.3. The molecule has 0 unspecified atom stereocenters. The Balaban J connectivity index is 2.96. The van der Waals surface area contributed by atoms with Gasteiger partial charge in [0, 0.05) is 13.6 Å². The van der Waals surface area contributed by atoms with Crippen LogP contribution < -0.4 is 0 Å². The highest BCUT2D eigenvalue weighted by Gasteiger charge is 2.16. The van der Waals surface area contributed by atoms with Crippen LogP contribution in [0.5, 0.6) is 5.75 Å². The van der Waals surface area contributed by atoms with Gasteiger partial charge in [-0.1, -0.05) is 24.3 Å². The summed E-state index contributed by atoms with van der Waals surface area (Å²) in [6.07, 6.45) is 0. The Bertz CT molecular complexity index is 424. The van der Waals surface area contributed by atoms with Crippen LogP contribution in [0.4, 0.5) is 0 Å². The lowest BCUT2D eigenvalue weighted by Crippen LogP contribution is -2.28. The van der Waals surface area contributed by atoms with Gasteiger partial charge in [0.15, 0.2) is 0 Å². The number of likely N-dealkylation sites (N-methyl/N-ethyl adjacent to an activating group) is 1. The molecule has 0 bridgehead atoms. The van der Waals surface area contributed by atoms with Gasteiger partial charge in [-0.3, -0.25) is 4.79 Å². The van der Waals surface area contributed by atoms with Crippen molar-refractivity contribution in [3.05, 3.63) is 41.5 Å². The van der Waals surface area contributed by atoms with E-state index in [4.69, 9.17) is 0 Å². The van der Waals surface area contributed by atoms with Crippen molar-refractivity contribution in [2.24, 2.45) is 0 Å². The topological polar surface area (TPSA) is 40.5 Å². The molecule has 1 rings (SSSR count). The van der Waals surface area contributed by atoms with Gasteiger partial charge >= 0.3 is 0 Å². The first-order valence-electron chi connectivity index (χ1n) is 5.12. The van der Waals surface area contributed by atoms with Crippen molar-refractivity contribution in [1.29, 1.82) is 0 Å². The van der Waals surface area contributed by atoms with Crippen LogP contribution >= 0.6 is 0 Å². The number of phenolic OH excluding ortho intramolecular Hbond substituents is 1. The van der Waals surface area contributed by atoms with Crippen LogP contribution in [-0.2, 0) is 0 Å². The van der Waals surface area contributed by atoms with E-state index in [0.29, 0.717) is 17.7 Å². The molecule has 0 heterocycles. The number of benzene rings is 1.